The number of ether oxygens (including phenoxy) is 1. The Kier molecular flexibility index (Phi) is 4.75. The summed E-state index contributed by atoms with van der Waals surface area (Å²) in [6, 6.07) is 26.7. The lowest BCUT2D eigenvalue weighted by Gasteiger charge is -2.39. The molecule has 0 unspecified atom stereocenters. The number of rotatable bonds is 2. The minimum Gasteiger partial charge on any atom is -0.493 e. The molecular weight excluding hydrogens is 388 g/mol. The van der Waals surface area contributed by atoms with E-state index in [1.54, 1.807) is 11.8 Å². The van der Waals surface area contributed by atoms with Crippen LogP contribution in [0, 0.1) is 5.92 Å². The van der Waals surface area contributed by atoms with Crippen LogP contribution >= 0.6 is 23.4 Å². The minimum absolute atomic E-state index is 0.0752. The van der Waals surface area contributed by atoms with Crippen molar-refractivity contribution in [2.75, 3.05) is 11.9 Å². The summed E-state index contributed by atoms with van der Waals surface area (Å²) in [4.78, 5) is 5.09. The van der Waals surface area contributed by atoms with Gasteiger partial charge in [0.1, 0.15) is 5.75 Å². The Bertz CT molecular complexity index is 1010. The van der Waals surface area contributed by atoms with Gasteiger partial charge in [-0.05, 0) is 35.9 Å². The molecule has 0 saturated heterocycles. The van der Waals surface area contributed by atoms with E-state index in [2.05, 4.69) is 47.8 Å². The number of hydrogen-bond donors (Lipinski definition) is 1. The average molecular weight is 407 g/mol. The maximum absolute atomic E-state index is 6.09. The molecule has 0 spiro atoms. The molecule has 140 valence electrons. The molecule has 28 heavy (non-hydrogen) atoms. The number of nitrogens with one attached hydrogen (secondary N) is 1. The van der Waals surface area contributed by atoms with Gasteiger partial charge in [0, 0.05) is 27.4 Å². The highest BCUT2D eigenvalue weighted by Gasteiger charge is 2.41. The van der Waals surface area contributed by atoms with Gasteiger partial charge in [-0.25, -0.2) is 0 Å². The van der Waals surface area contributed by atoms with Gasteiger partial charge in [-0.15, -0.1) is 0 Å². The molecule has 0 bridgehead atoms. The van der Waals surface area contributed by atoms with E-state index in [1.165, 1.54) is 5.56 Å². The fourth-order valence-electron chi connectivity index (χ4n) is 3.82. The number of anilines is 1. The van der Waals surface area contributed by atoms with Crippen LogP contribution in [0.5, 0.6) is 5.75 Å². The summed E-state index contributed by atoms with van der Waals surface area (Å²) in [7, 11) is 0. The Balaban J connectivity index is 1.54. The number of para-hydroxylation sites is 1. The summed E-state index contributed by atoms with van der Waals surface area (Å²) < 4.78 is 6.09. The lowest BCUT2D eigenvalue weighted by molar-refractivity contribution is 0.191. The maximum Gasteiger partial charge on any atom is 0.162 e. The van der Waals surface area contributed by atoms with Crippen molar-refractivity contribution in [3.63, 3.8) is 0 Å². The minimum atomic E-state index is 0.0752. The number of thioether (sulfide) groups is 1. The van der Waals surface area contributed by atoms with Crippen LogP contribution < -0.4 is 10.1 Å². The highest BCUT2D eigenvalue weighted by atomic mass is 35.5. The van der Waals surface area contributed by atoms with Crippen molar-refractivity contribution in [1.29, 1.82) is 0 Å². The van der Waals surface area contributed by atoms with Crippen LogP contribution in [0.4, 0.5) is 5.69 Å². The third kappa shape index (κ3) is 3.38. The normalized spacial score (nSPS) is 23.0. The molecule has 0 amide bonds. The molecule has 2 aliphatic rings. The van der Waals surface area contributed by atoms with E-state index in [0.29, 0.717) is 6.61 Å². The molecular formula is C23H19ClN2OS. The summed E-state index contributed by atoms with van der Waals surface area (Å²) in [5.74, 6) is 1.23. The van der Waals surface area contributed by atoms with Crippen molar-refractivity contribution < 1.29 is 4.74 Å². The SMILES string of the molecule is Clc1ccc(NC2=N[C@H]3c4ccccc4OC[C@@H]3[C@@H](c3ccccc3)S2)cc1. The summed E-state index contributed by atoms with van der Waals surface area (Å²) >= 11 is 7.80. The van der Waals surface area contributed by atoms with Crippen LogP contribution in [0.2, 0.25) is 5.02 Å². The third-order valence-corrected chi connectivity index (χ3v) is 6.74. The number of hydrogen-bond acceptors (Lipinski definition) is 4. The van der Waals surface area contributed by atoms with Gasteiger partial charge in [0.05, 0.1) is 12.6 Å². The number of aliphatic imine (C=N–C) groups is 1. The second-order valence-electron chi connectivity index (χ2n) is 6.97. The summed E-state index contributed by atoms with van der Waals surface area (Å²) in [6.45, 7) is 0.673. The van der Waals surface area contributed by atoms with Gasteiger partial charge in [-0.3, -0.25) is 4.99 Å². The van der Waals surface area contributed by atoms with Crippen molar-refractivity contribution in [1.82, 2.24) is 0 Å². The van der Waals surface area contributed by atoms with Gasteiger partial charge in [0.25, 0.3) is 0 Å². The van der Waals surface area contributed by atoms with Gasteiger partial charge in [0.2, 0.25) is 0 Å². The topological polar surface area (TPSA) is 33.6 Å². The molecule has 3 aromatic rings. The molecule has 0 aromatic heterocycles. The van der Waals surface area contributed by atoms with Crippen molar-refractivity contribution in [2.24, 2.45) is 10.9 Å². The zero-order chi connectivity index (χ0) is 18.9. The Labute approximate surface area is 173 Å². The van der Waals surface area contributed by atoms with E-state index in [-0.39, 0.29) is 17.2 Å². The maximum atomic E-state index is 6.09. The second-order valence-corrected chi connectivity index (χ2v) is 8.54. The molecule has 2 heterocycles. The predicted octanol–water partition coefficient (Wildman–Crippen LogP) is 6.35. The first-order valence-electron chi connectivity index (χ1n) is 9.32. The molecule has 3 nitrogen and oxygen atoms in total. The van der Waals surface area contributed by atoms with Crippen LogP contribution in [0.15, 0.2) is 83.9 Å². The van der Waals surface area contributed by atoms with Gasteiger partial charge >= 0.3 is 0 Å². The molecule has 3 atom stereocenters. The Morgan fingerprint density at radius 1 is 0.929 bits per heavy atom. The molecule has 5 heteroatoms. The Morgan fingerprint density at radius 3 is 2.50 bits per heavy atom. The number of halogens is 1. The summed E-state index contributed by atoms with van der Waals surface area (Å²) in [5.41, 5.74) is 3.45. The van der Waals surface area contributed by atoms with Crippen molar-refractivity contribution in [2.45, 2.75) is 11.3 Å². The van der Waals surface area contributed by atoms with E-state index in [4.69, 9.17) is 21.3 Å². The van der Waals surface area contributed by atoms with Crippen molar-refractivity contribution in [3.05, 3.63) is 95.0 Å². The second kappa shape index (κ2) is 7.53. The average Bonchev–Trinajstić information content (AvgIpc) is 2.75. The monoisotopic (exact) mass is 406 g/mol. The van der Waals surface area contributed by atoms with E-state index >= 15 is 0 Å². The molecule has 2 aliphatic heterocycles. The van der Waals surface area contributed by atoms with Gasteiger partial charge in [-0.1, -0.05) is 71.9 Å². The molecule has 0 aliphatic carbocycles. The van der Waals surface area contributed by atoms with E-state index in [9.17, 15) is 0 Å². The van der Waals surface area contributed by atoms with Gasteiger partial charge in [-0.2, -0.15) is 0 Å². The smallest absolute Gasteiger partial charge is 0.162 e. The Hall–Kier alpha value is -2.43. The zero-order valence-corrected chi connectivity index (χ0v) is 16.7. The van der Waals surface area contributed by atoms with Gasteiger partial charge < -0.3 is 10.1 Å². The molecule has 0 radical (unpaired) electrons. The first-order chi connectivity index (χ1) is 13.8. The number of amidine groups is 1. The van der Waals surface area contributed by atoms with E-state index in [1.807, 2.05) is 36.4 Å². The molecule has 0 saturated carbocycles. The first-order valence-corrected chi connectivity index (χ1v) is 10.6. The zero-order valence-electron chi connectivity index (χ0n) is 15.1. The molecule has 5 rings (SSSR count). The fraction of sp³-hybridized carbons (Fsp3) is 0.174. The standard InChI is InChI=1S/C23H19ClN2OS/c24-16-10-12-17(13-11-16)25-23-26-21-18-8-4-5-9-20(18)27-14-19(21)22(28-23)15-6-2-1-3-7-15/h1-13,19,21-22H,14H2,(H,25,26)/t19-,21-,22+/m0/s1. The quantitative estimate of drug-likeness (QED) is 0.538. The molecule has 3 aromatic carbocycles. The van der Waals surface area contributed by atoms with E-state index in [0.717, 1.165) is 27.2 Å². The lowest BCUT2D eigenvalue weighted by Crippen LogP contribution is -2.34. The van der Waals surface area contributed by atoms with Crippen molar-refractivity contribution >= 4 is 34.2 Å². The Morgan fingerprint density at radius 2 is 1.68 bits per heavy atom. The van der Waals surface area contributed by atoms with Gasteiger partial charge in [0.15, 0.2) is 5.17 Å². The summed E-state index contributed by atoms with van der Waals surface area (Å²) in [6.07, 6.45) is 0. The van der Waals surface area contributed by atoms with Crippen LogP contribution in [-0.2, 0) is 0 Å². The van der Waals surface area contributed by atoms with E-state index < -0.39 is 0 Å². The predicted molar refractivity (Wildman–Crippen MR) is 117 cm³/mol. The van der Waals surface area contributed by atoms with Crippen molar-refractivity contribution in [3.8, 4) is 5.75 Å². The summed E-state index contributed by atoms with van der Waals surface area (Å²) in [5, 5.41) is 5.41. The van der Waals surface area contributed by atoms with Crippen LogP contribution in [0.1, 0.15) is 22.4 Å². The lowest BCUT2D eigenvalue weighted by atomic mass is 9.86. The third-order valence-electron chi connectivity index (χ3n) is 5.18. The number of benzene rings is 3. The number of nitrogens with zero attached hydrogens (tertiary/aromatic N) is 1. The molecule has 1 N–H and O–H groups in total. The highest BCUT2D eigenvalue weighted by Crippen LogP contribution is 2.52. The van der Waals surface area contributed by atoms with Crippen LogP contribution in [-0.4, -0.2) is 11.8 Å². The molecule has 0 fully saturated rings. The van der Waals surface area contributed by atoms with Crippen LogP contribution in [0.3, 0.4) is 0 Å². The fourth-order valence-corrected chi connectivity index (χ4v) is 5.24. The number of fused-ring (bicyclic) bond motifs is 3. The first kappa shape index (κ1) is 17.7. The largest absolute Gasteiger partial charge is 0.493 e. The van der Waals surface area contributed by atoms with Crippen LogP contribution in [0.25, 0.3) is 0 Å². The highest BCUT2D eigenvalue weighted by molar-refractivity contribution is 8.14.